The van der Waals surface area contributed by atoms with Gasteiger partial charge in [0.2, 0.25) is 0 Å². The summed E-state index contributed by atoms with van der Waals surface area (Å²) in [6.07, 6.45) is 1.26. The van der Waals surface area contributed by atoms with Gasteiger partial charge in [0.05, 0.1) is 16.9 Å². The molecule has 0 aliphatic carbocycles. The third kappa shape index (κ3) is 2.41. The maximum atomic E-state index is 12.4. The van der Waals surface area contributed by atoms with Crippen LogP contribution >= 0.6 is 22.9 Å². The predicted octanol–water partition coefficient (Wildman–Crippen LogP) is 1.74. The second kappa shape index (κ2) is 5.11. The van der Waals surface area contributed by atoms with Gasteiger partial charge < -0.3 is 5.11 Å². The smallest absolute Gasteiger partial charge is 0.340 e. The first-order chi connectivity index (χ1) is 9.25. The number of aromatic carboxylic acids is 1. The second-order valence-electron chi connectivity index (χ2n) is 3.92. The molecule has 0 radical (unpaired) electrons. The van der Waals surface area contributed by atoms with Gasteiger partial charge in [-0.15, -0.1) is 11.3 Å². The van der Waals surface area contributed by atoms with Gasteiger partial charge in [-0.3, -0.25) is 4.31 Å². The second-order valence-corrected chi connectivity index (χ2v) is 8.11. The number of nitrogens with zero attached hydrogens (tertiary/aromatic N) is 3. The Labute approximate surface area is 123 Å². The number of aryl methyl sites for hydroxylation is 2. The fourth-order valence-electron chi connectivity index (χ4n) is 1.52. The molecule has 0 aliphatic heterocycles. The Morgan fingerprint density at radius 3 is 2.55 bits per heavy atom. The lowest BCUT2D eigenvalue weighted by Gasteiger charge is -2.16. The van der Waals surface area contributed by atoms with Crippen LogP contribution in [0.25, 0.3) is 0 Å². The van der Waals surface area contributed by atoms with Gasteiger partial charge in [0, 0.05) is 7.05 Å². The number of rotatable bonds is 4. The number of carboxylic acids is 1. The first kappa shape index (κ1) is 14.9. The van der Waals surface area contributed by atoms with E-state index in [4.69, 9.17) is 5.11 Å². The number of thiazole rings is 1. The van der Waals surface area contributed by atoms with Crippen LogP contribution in [0.5, 0.6) is 0 Å². The lowest BCUT2D eigenvalue weighted by molar-refractivity contribution is 0.0697. The number of aromatic nitrogens is 2. The zero-order valence-electron chi connectivity index (χ0n) is 10.8. The molecule has 0 unspecified atom stereocenters. The van der Waals surface area contributed by atoms with Gasteiger partial charge >= 0.3 is 5.97 Å². The summed E-state index contributed by atoms with van der Waals surface area (Å²) in [5, 5.41) is 9.87. The number of anilines is 1. The van der Waals surface area contributed by atoms with Crippen molar-refractivity contribution in [1.29, 1.82) is 0 Å². The molecule has 0 saturated heterocycles. The van der Waals surface area contributed by atoms with Gasteiger partial charge in [-0.25, -0.2) is 18.2 Å². The van der Waals surface area contributed by atoms with E-state index in [0.717, 1.165) is 27.2 Å². The van der Waals surface area contributed by atoms with Gasteiger partial charge in [-0.05, 0) is 25.4 Å². The van der Waals surface area contributed by atoms with E-state index in [9.17, 15) is 13.2 Å². The van der Waals surface area contributed by atoms with Gasteiger partial charge in [0.25, 0.3) is 10.0 Å². The Morgan fingerprint density at radius 1 is 1.40 bits per heavy atom. The molecule has 0 atom stereocenters. The van der Waals surface area contributed by atoms with Crippen molar-refractivity contribution in [2.45, 2.75) is 18.1 Å². The molecule has 1 N–H and O–H groups in total. The first-order valence-electron chi connectivity index (χ1n) is 5.36. The summed E-state index contributed by atoms with van der Waals surface area (Å²) in [5.41, 5.74) is 0.197. The number of carbonyl (C=O) groups is 1. The van der Waals surface area contributed by atoms with Crippen molar-refractivity contribution in [3.05, 3.63) is 22.5 Å². The molecule has 20 heavy (non-hydrogen) atoms. The van der Waals surface area contributed by atoms with Gasteiger partial charge in [-0.1, -0.05) is 0 Å². The van der Waals surface area contributed by atoms with E-state index in [-0.39, 0.29) is 14.8 Å². The summed E-state index contributed by atoms with van der Waals surface area (Å²) < 4.78 is 29.7. The third-order valence-electron chi connectivity index (χ3n) is 2.56. The molecule has 2 aromatic heterocycles. The molecule has 0 aliphatic rings. The molecule has 0 bridgehead atoms. The molecular formula is C10H11N3O4S3. The van der Waals surface area contributed by atoms with Crippen LogP contribution in [0.1, 0.15) is 21.1 Å². The van der Waals surface area contributed by atoms with Gasteiger partial charge in [0.15, 0.2) is 4.21 Å². The van der Waals surface area contributed by atoms with Crippen molar-refractivity contribution in [2.24, 2.45) is 0 Å². The quantitative estimate of drug-likeness (QED) is 0.914. The number of hydrogen-bond donors (Lipinski definition) is 1. The Kier molecular flexibility index (Phi) is 3.80. The summed E-state index contributed by atoms with van der Waals surface area (Å²) >= 11 is 1.88. The van der Waals surface area contributed by atoms with Crippen molar-refractivity contribution < 1.29 is 18.3 Å². The van der Waals surface area contributed by atoms with Crippen molar-refractivity contribution in [2.75, 3.05) is 11.4 Å². The summed E-state index contributed by atoms with van der Waals surface area (Å²) in [6.45, 7) is 3.23. The molecule has 10 heteroatoms. The lowest BCUT2D eigenvalue weighted by atomic mass is 10.2. The number of sulfonamides is 1. The van der Waals surface area contributed by atoms with E-state index in [1.54, 1.807) is 6.92 Å². The van der Waals surface area contributed by atoms with Crippen LogP contribution in [0.15, 0.2) is 10.4 Å². The van der Waals surface area contributed by atoms with Crippen LogP contribution in [0.4, 0.5) is 5.00 Å². The molecule has 7 nitrogen and oxygen atoms in total. The molecule has 0 fully saturated rings. The van der Waals surface area contributed by atoms with Crippen molar-refractivity contribution >= 4 is 43.9 Å². The van der Waals surface area contributed by atoms with E-state index < -0.39 is 16.0 Å². The largest absolute Gasteiger partial charge is 0.478 e. The summed E-state index contributed by atoms with van der Waals surface area (Å²) in [4.78, 5) is 15.1. The molecule has 2 heterocycles. The Balaban J connectivity index is 2.51. The Bertz CT molecular complexity index is 763. The summed E-state index contributed by atoms with van der Waals surface area (Å²) in [7, 11) is -2.51. The highest BCUT2D eigenvalue weighted by Gasteiger charge is 2.30. The molecule has 108 valence electrons. The molecule has 0 aromatic carbocycles. The maximum Gasteiger partial charge on any atom is 0.340 e. The van der Waals surface area contributed by atoms with E-state index in [1.165, 1.54) is 20.2 Å². The van der Waals surface area contributed by atoms with Crippen LogP contribution in [0.3, 0.4) is 0 Å². The van der Waals surface area contributed by atoms with Crippen LogP contribution in [0, 0.1) is 13.8 Å². The zero-order chi connectivity index (χ0) is 15.1. The van der Waals surface area contributed by atoms with Crippen LogP contribution in [-0.4, -0.2) is 35.9 Å². The Hall–Kier alpha value is -1.52. The molecular weight excluding hydrogens is 322 g/mol. The van der Waals surface area contributed by atoms with E-state index in [2.05, 4.69) is 9.36 Å². The third-order valence-corrected chi connectivity index (χ3v) is 6.80. The minimum Gasteiger partial charge on any atom is -0.478 e. The van der Waals surface area contributed by atoms with E-state index in [0.29, 0.717) is 10.7 Å². The van der Waals surface area contributed by atoms with Crippen LogP contribution < -0.4 is 4.31 Å². The molecule has 2 rings (SSSR count). The minimum atomic E-state index is -3.82. The van der Waals surface area contributed by atoms with Crippen molar-refractivity contribution in [1.82, 2.24) is 9.36 Å². The van der Waals surface area contributed by atoms with E-state index >= 15 is 0 Å². The first-order valence-corrected chi connectivity index (χ1v) is 8.39. The number of carboxylic acid groups (broad SMARTS) is 1. The highest BCUT2D eigenvalue weighted by Crippen LogP contribution is 2.32. The molecule has 0 spiro atoms. The lowest BCUT2D eigenvalue weighted by Crippen LogP contribution is -2.26. The van der Waals surface area contributed by atoms with E-state index in [1.807, 2.05) is 0 Å². The van der Waals surface area contributed by atoms with Gasteiger partial charge in [0.1, 0.15) is 10.6 Å². The maximum absolute atomic E-state index is 12.4. The fraction of sp³-hybridized carbons (Fsp3) is 0.300. The van der Waals surface area contributed by atoms with Crippen molar-refractivity contribution in [3.8, 4) is 0 Å². The monoisotopic (exact) mass is 333 g/mol. The fourth-order valence-corrected chi connectivity index (χ4v) is 5.06. The van der Waals surface area contributed by atoms with Crippen LogP contribution in [0.2, 0.25) is 0 Å². The highest BCUT2D eigenvalue weighted by molar-refractivity contribution is 7.95. The highest BCUT2D eigenvalue weighted by atomic mass is 32.2. The molecule has 2 aromatic rings. The minimum absolute atomic E-state index is 0.0693. The molecule has 0 amide bonds. The Morgan fingerprint density at radius 2 is 2.05 bits per heavy atom. The van der Waals surface area contributed by atoms with Crippen LogP contribution in [-0.2, 0) is 10.0 Å². The average molecular weight is 333 g/mol. The summed E-state index contributed by atoms with van der Waals surface area (Å²) in [5.74, 6) is -1.20. The van der Waals surface area contributed by atoms with Crippen molar-refractivity contribution in [3.63, 3.8) is 0 Å². The summed E-state index contributed by atoms with van der Waals surface area (Å²) in [6, 6.07) is 0. The van der Waals surface area contributed by atoms with Gasteiger partial charge in [-0.2, -0.15) is 4.37 Å². The average Bonchev–Trinajstić information content (AvgIpc) is 2.94. The zero-order valence-corrected chi connectivity index (χ0v) is 13.3. The molecule has 0 saturated carbocycles. The predicted molar refractivity (Wildman–Crippen MR) is 76.3 cm³/mol. The SMILES string of the molecule is Cc1ncc(S(=O)(=O)N(C)c2snc(C)c2C(=O)O)s1. The standard InChI is InChI=1S/C10H11N3O4S3/c1-5-8(10(14)15)9(19-12-5)13(3)20(16,17)7-4-11-6(2)18-7/h4H,1-3H3,(H,14,15). The topological polar surface area (TPSA) is 100 Å². The number of hydrogen-bond acceptors (Lipinski definition) is 7. The normalized spacial score (nSPS) is 11.6.